The summed E-state index contributed by atoms with van der Waals surface area (Å²) >= 11 is 9.25. The molecule has 0 bridgehead atoms. The molecule has 0 saturated heterocycles. The van der Waals surface area contributed by atoms with E-state index >= 15 is 0 Å². The lowest BCUT2D eigenvalue weighted by Gasteiger charge is -2.12. The molecule has 0 spiro atoms. The summed E-state index contributed by atoms with van der Waals surface area (Å²) in [5.41, 5.74) is 1.87. The molecule has 0 saturated carbocycles. The maximum absolute atomic E-state index is 12.8. The minimum Gasteiger partial charge on any atom is -0.444 e. The van der Waals surface area contributed by atoms with Crippen LogP contribution in [-0.4, -0.2) is 26.6 Å². The highest BCUT2D eigenvalue weighted by Crippen LogP contribution is 2.25. The lowest BCUT2D eigenvalue weighted by molar-refractivity contribution is 0.0992. The van der Waals surface area contributed by atoms with Crippen LogP contribution in [0.5, 0.6) is 0 Å². The average molecular weight is 487 g/mol. The van der Waals surface area contributed by atoms with E-state index in [0.29, 0.717) is 32.3 Å². The first-order valence-corrected chi connectivity index (χ1v) is 9.79. The molecular formula is C20H13BrClN5O3. The second kappa shape index (κ2) is 8.52. The molecule has 2 aromatic carbocycles. The molecule has 2 heterocycles. The van der Waals surface area contributed by atoms with E-state index in [9.17, 15) is 9.59 Å². The monoisotopic (exact) mass is 485 g/mol. The first-order chi connectivity index (χ1) is 14.5. The van der Waals surface area contributed by atoms with Crippen molar-refractivity contribution in [1.82, 2.24) is 14.8 Å². The van der Waals surface area contributed by atoms with Crippen molar-refractivity contribution in [2.45, 2.75) is 0 Å². The van der Waals surface area contributed by atoms with Crippen LogP contribution in [0.3, 0.4) is 0 Å². The summed E-state index contributed by atoms with van der Waals surface area (Å²) in [6.07, 6.45) is 2.91. The van der Waals surface area contributed by atoms with Gasteiger partial charge in [0.25, 0.3) is 11.8 Å². The van der Waals surface area contributed by atoms with Gasteiger partial charge in [-0.1, -0.05) is 17.7 Å². The van der Waals surface area contributed by atoms with Crippen molar-refractivity contribution >= 4 is 50.7 Å². The van der Waals surface area contributed by atoms with Gasteiger partial charge in [-0.05, 0) is 64.5 Å². The topological polar surface area (TPSA) is 102 Å². The highest BCUT2D eigenvalue weighted by Gasteiger charge is 2.14. The van der Waals surface area contributed by atoms with Crippen LogP contribution >= 0.6 is 27.5 Å². The van der Waals surface area contributed by atoms with Crippen LogP contribution in [0.4, 0.5) is 11.4 Å². The molecule has 0 aliphatic rings. The van der Waals surface area contributed by atoms with E-state index in [0.717, 1.165) is 0 Å². The molecule has 0 aliphatic carbocycles. The van der Waals surface area contributed by atoms with E-state index in [1.54, 1.807) is 54.6 Å². The first-order valence-electron chi connectivity index (χ1n) is 8.62. The molecule has 2 amide bonds. The molecule has 150 valence electrons. The standard InChI is InChI=1S/C20H13BrClN5O3/c21-18-7-6-17(30-18)20(29)25-14-3-1-2-12(8-14)19(28)26-15-9-13(22)4-5-16(15)27-11-23-10-24-27/h1-11H,(H,25,29)(H,26,28). The zero-order chi connectivity index (χ0) is 21.1. The van der Waals surface area contributed by atoms with Gasteiger partial charge in [0.05, 0.1) is 11.4 Å². The predicted octanol–water partition coefficient (Wildman–Crippen LogP) is 4.78. The number of nitrogens with one attached hydrogen (secondary N) is 2. The third kappa shape index (κ3) is 4.42. The molecule has 0 radical (unpaired) electrons. The Hall–Kier alpha value is -3.43. The summed E-state index contributed by atoms with van der Waals surface area (Å²) in [5.74, 6) is -0.662. The second-order valence-electron chi connectivity index (χ2n) is 6.09. The Morgan fingerprint density at radius 3 is 2.63 bits per heavy atom. The Morgan fingerprint density at radius 1 is 1.03 bits per heavy atom. The zero-order valence-electron chi connectivity index (χ0n) is 15.2. The number of carbonyl (C=O) groups excluding carboxylic acids is 2. The number of benzene rings is 2. The third-order valence-electron chi connectivity index (χ3n) is 4.05. The lowest BCUT2D eigenvalue weighted by atomic mass is 10.1. The van der Waals surface area contributed by atoms with Crippen LogP contribution in [-0.2, 0) is 0 Å². The molecule has 4 rings (SSSR count). The van der Waals surface area contributed by atoms with Crippen LogP contribution in [0, 0.1) is 0 Å². The van der Waals surface area contributed by atoms with Gasteiger partial charge in [-0.15, -0.1) is 0 Å². The van der Waals surface area contributed by atoms with Crippen molar-refractivity contribution in [3.05, 3.63) is 88.3 Å². The quantitative estimate of drug-likeness (QED) is 0.423. The Morgan fingerprint density at radius 2 is 1.90 bits per heavy atom. The van der Waals surface area contributed by atoms with Crippen molar-refractivity contribution in [1.29, 1.82) is 0 Å². The van der Waals surface area contributed by atoms with E-state index in [1.165, 1.54) is 17.3 Å². The Kier molecular flexibility index (Phi) is 5.64. The normalized spacial score (nSPS) is 10.6. The van der Waals surface area contributed by atoms with E-state index in [4.69, 9.17) is 16.0 Å². The van der Waals surface area contributed by atoms with Crippen molar-refractivity contribution in [3.8, 4) is 5.69 Å². The zero-order valence-corrected chi connectivity index (χ0v) is 17.5. The highest BCUT2D eigenvalue weighted by atomic mass is 79.9. The summed E-state index contributed by atoms with van der Waals surface area (Å²) < 4.78 is 7.20. The van der Waals surface area contributed by atoms with Gasteiger partial charge in [-0.25, -0.2) is 9.67 Å². The smallest absolute Gasteiger partial charge is 0.291 e. The summed E-state index contributed by atoms with van der Waals surface area (Å²) in [5, 5.41) is 10.1. The maximum atomic E-state index is 12.8. The fourth-order valence-electron chi connectivity index (χ4n) is 2.70. The largest absolute Gasteiger partial charge is 0.444 e. The van der Waals surface area contributed by atoms with E-state index in [-0.39, 0.29) is 11.7 Å². The van der Waals surface area contributed by atoms with Gasteiger partial charge in [-0.3, -0.25) is 9.59 Å². The number of hydrogen-bond acceptors (Lipinski definition) is 5. The van der Waals surface area contributed by atoms with Gasteiger partial charge in [0.2, 0.25) is 0 Å². The summed E-state index contributed by atoms with van der Waals surface area (Å²) in [4.78, 5) is 29.0. The van der Waals surface area contributed by atoms with Crippen molar-refractivity contribution < 1.29 is 14.0 Å². The van der Waals surface area contributed by atoms with Crippen molar-refractivity contribution in [2.75, 3.05) is 10.6 Å². The van der Waals surface area contributed by atoms with Gasteiger partial charge in [0, 0.05) is 16.3 Å². The fraction of sp³-hybridized carbons (Fsp3) is 0. The van der Waals surface area contributed by atoms with Crippen LogP contribution in [0.1, 0.15) is 20.9 Å². The molecule has 0 atom stereocenters. The van der Waals surface area contributed by atoms with Crippen LogP contribution < -0.4 is 10.6 Å². The van der Waals surface area contributed by atoms with Crippen LogP contribution in [0.15, 0.2) is 76.3 Å². The number of anilines is 2. The molecule has 0 aliphatic heterocycles. The minimum absolute atomic E-state index is 0.146. The molecule has 0 fully saturated rings. The predicted molar refractivity (Wildman–Crippen MR) is 115 cm³/mol. The fourth-order valence-corrected chi connectivity index (χ4v) is 3.18. The van der Waals surface area contributed by atoms with E-state index < -0.39 is 5.91 Å². The number of amides is 2. The summed E-state index contributed by atoms with van der Waals surface area (Å²) in [6, 6.07) is 14.7. The maximum Gasteiger partial charge on any atom is 0.291 e. The first kappa shape index (κ1) is 19.9. The molecule has 10 heteroatoms. The number of furan rings is 1. The number of rotatable bonds is 5. The average Bonchev–Trinajstić information content (AvgIpc) is 3.40. The minimum atomic E-state index is -0.429. The molecule has 2 N–H and O–H groups in total. The molecule has 4 aromatic rings. The van der Waals surface area contributed by atoms with Gasteiger partial charge >= 0.3 is 0 Å². The third-order valence-corrected chi connectivity index (χ3v) is 4.71. The van der Waals surface area contributed by atoms with Crippen molar-refractivity contribution in [3.63, 3.8) is 0 Å². The lowest BCUT2D eigenvalue weighted by Crippen LogP contribution is -2.15. The summed E-state index contributed by atoms with van der Waals surface area (Å²) in [6.45, 7) is 0. The number of halogens is 2. The SMILES string of the molecule is O=C(Nc1cc(Cl)ccc1-n1cncn1)c1cccc(NC(=O)c2ccc(Br)o2)c1. The van der Waals surface area contributed by atoms with Gasteiger partial charge in [-0.2, -0.15) is 5.10 Å². The van der Waals surface area contributed by atoms with Crippen LogP contribution in [0.2, 0.25) is 5.02 Å². The van der Waals surface area contributed by atoms with Gasteiger partial charge in [0.1, 0.15) is 12.7 Å². The highest BCUT2D eigenvalue weighted by molar-refractivity contribution is 9.10. The van der Waals surface area contributed by atoms with Crippen LogP contribution in [0.25, 0.3) is 5.69 Å². The molecular weight excluding hydrogens is 474 g/mol. The molecule has 8 nitrogen and oxygen atoms in total. The number of aromatic nitrogens is 3. The second-order valence-corrected chi connectivity index (χ2v) is 7.31. The van der Waals surface area contributed by atoms with Gasteiger partial charge < -0.3 is 15.1 Å². The van der Waals surface area contributed by atoms with E-state index in [1.807, 2.05) is 0 Å². The Bertz CT molecular complexity index is 1220. The molecule has 2 aromatic heterocycles. The number of hydrogen-bond donors (Lipinski definition) is 2. The number of nitrogens with zero attached hydrogens (tertiary/aromatic N) is 3. The van der Waals surface area contributed by atoms with E-state index in [2.05, 4.69) is 36.6 Å². The van der Waals surface area contributed by atoms with Gasteiger partial charge in [0.15, 0.2) is 10.4 Å². The Labute approximate surface area is 184 Å². The van der Waals surface area contributed by atoms with Crippen molar-refractivity contribution in [2.24, 2.45) is 0 Å². The summed E-state index contributed by atoms with van der Waals surface area (Å²) in [7, 11) is 0. The molecule has 0 unspecified atom stereocenters. The Balaban J connectivity index is 1.54. The molecule has 30 heavy (non-hydrogen) atoms. The number of carbonyl (C=O) groups is 2.